The third kappa shape index (κ3) is 2.17. The molecular weight excluding hydrogens is 324 g/mol. The summed E-state index contributed by atoms with van der Waals surface area (Å²) in [6, 6.07) is 0. The molecule has 0 amide bonds. The number of rotatable bonds is 3. The van der Waals surface area contributed by atoms with Gasteiger partial charge in [0, 0.05) is 16.0 Å². The Labute approximate surface area is 96.0 Å². The highest BCUT2D eigenvalue weighted by atomic mass is 79.9. The van der Waals surface area contributed by atoms with Crippen molar-refractivity contribution in [3.05, 3.63) is 27.5 Å². The summed E-state index contributed by atoms with van der Waals surface area (Å²) >= 11 is 6.18. The number of carbonyl (C=O) groups is 1. The van der Waals surface area contributed by atoms with Crippen molar-refractivity contribution in [2.45, 2.75) is 11.8 Å². The van der Waals surface area contributed by atoms with Crippen molar-refractivity contribution in [3.8, 4) is 0 Å². The molecule has 0 atom stereocenters. The molecule has 0 bridgehead atoms. The minimum Gasteiger partial charge on any atom is -0.296 e. The summed E-state index contributed by atoms with van der Waals surface area (Å²) in [7, 11) is 0. The first-order valence-corrected chi connectivity index (χ1v) is 5.49. The molecule has 0 spiro atoms. The van der Waals surface area contributed by atoms with Gasteiger partial charge in [-0.1, -0.05) is 15.9 Å². The van der Waals surface area contributed by atoms with Crippen LogP contribution < -0.4 is 0 Å². The van der Waals surface area contributed by atoms with Gasteiger partial charge in [0.05, 0.1) is 5.56 Å². The van der Waals surface area contributed by atoms with Gasteiger partial charge < -0.3 is 0 Å². The summed E-state index contributed by atoms with van der Waals surface area (Å²) in [5, 5.41) is 0.247. The van der Waals surface area contributed by atoms with E-state index in [2.05, 4.69) is 36.8 Å². The first kappa shape index (κ1) is 11.7. The van der Waals surface area contributed by atoms with Gasteiger partial charge in [0.1, 0.15) is 5.69 Å². The number of aldehydes is 1. The summed E-state index contributed by atoms with van der Waals surface area (Å²) < 4.78 is 25.7. The Balaban J connectivity index is 3.43. The second-order valence-corrected chi connectivity index (χ2v) is 3.85. The van der Waals surface area contributed by atoms with Gasteiger partial charge in [-0.2, -0.15) is 0 Å². The van der Waals surface area contributed by atoms with Crippen molar-refractivity contribution in [3.63, 3.8) is 0 Å². The standard InChI is InChI=1S/C8H5Br2F2NO/c9-1-4-5(10)2-13-6(3-14)7(4)8(11)12/h2-3,8H,1H2. The second kappa shape index (κ2) is 4.93. The zero-order valence-corrected chi connectivity index (χ0v) is 9.98. The molecule has 0 aromatic carbocycles. The smallest absolute Gasteiger partial charge is 0.266 e. The Morgan fingerprint density at radius 2 is 2.21 bits per heavy atom. The molecule has 0 radical (unpaired) electrons. The van der Waals surface area contributed by atoms with Crippen LogP contribution in [0.2, 0.25) is 0 Å². The number of aromatic nitrogens is 1. The highest BCUT2D eigenvalue weighted by Crippen LogP contribution is 2.31. The van der Waals surface area contributed by atoms with Gasteiger partial charge in [-0.25, -0.2) is 8.78 Å². The molecule has 2 nitrogen and oxygen atoms in total. The predicted octanol–water partition coefficient (Wildman–Crippen LogP) is 3.49. The van der Waals surface area contributed by atoms with Crippen molar-refractivity contribution < 1.29 is 13.6 Å². The van der Waals surface area contributed by atoms with Gasteiger partial charge in [-0.15, -0.1) is 0 Å². The molecule has 0 aliphatic rings. The molecular formula is C8H5Br2F2NO. The maximum absolute atomic E-state index is 12.6. The van der Waals surface area contributed by atoms with Crippen LogP contribution in [-0.4, -0.2) is 11.3 Å². The Hall–Kier alpha value is -0.360. The number of hydrogen-bond acceptors (Lipinski definition) is 2. The lowest BCUT2D eigenvalue weighted by Gasteiger charge is -2.09. The van der Waals surface area contributed by atoms with Crippen LogP contribution in [-0.2, 0) is 5.33 Å². The summed E-state index contributed by atoms with van der Waals surface area (Å²) in [5.41, 5.74) is -0.166. The number of nitrogens with zero attached hydrogens (tertiary/aromatic N) is 1. The van der Waals surface area contributed by atoms with Crippen LogP contribution in [0.5, 0.6) is 0 Å². The molecule has 6 heteroatoms. The van der Waals surface area contributed by atoms with Gasteiger partial charge in [0.2, 0.25) is 0 Å². The van der Waals surface area contributed by atoms with E-state index in [0.29, 0.717) is 16.3 Å². The highest BCUT2D eigenvalue weighted by molar-refractivity contribution is 9.10. The van der Waals surface area contributed by atoms with E-state index in [1.807, 2.05) is 0 Å². The molecule has 1 rings (SSSR count). The maximum Gasteiger partial charge on any atom is 0.266 e. The monoisotopic (exact) mass is 327 g/mol. The summed E-state index contributed by atoms with van der Waals surface area (Å²) in [4.78, 5) is 14.1. The molecule has 0 saturated carbocycles. The fourth-order valence-corrected chi connectivity index (χ4v) is 2.47. The van der Waals surface area contributed by atoms with Crippen molar-refractivity contribution in [1.82, 2.24) is 4.98 Å². The van der Waals surface area contributed by atoms with E-state index in [1.54, 1.807) is 0 Å². The quantitative estimate of drug-likeness (QED) is 0.628. The third-order valence-electron chi connectivity index (χ3n) is 1.67. The fraction of sp³-hybridized carbons (Fsp3) is 0.250. The molecule has 1 aromatic heterocycles. The van der Waals surface area contributed by atoms with Crippen molar-refractivity contribution in [1.29, 1.82) is 0 Å². The van der Waals surface area contributed by atoms with Crippen LogP contribution in [0.25, 0.3) is 0 Å². The normalized spacial score (nSPS) is 10.6. The van der Waals surface area contributed by atoms with E-state index in [9.17, 15) is 13.6 Å². The van der Waals surface area contributed by atoms with E-state index in [0.717, 1.165) is 0 Å². The van der Waals surface area contributed by atoms with E-state index < -0.39 is 6.43 Å². The zero-order chi connectivity index (χ0) is 10.7. The minimum absolute atomic E-state index is 0.211. The van der Waals surface area contributed by atoms with Crippen molar-refractivity contribution in [2.24, 2.45) is 0 Å². The maximum atomic E-state index is 12.6. The summed E-state index contributed by atoms with van der Waals surface area (Å²) in [6.07, 6.45) is -1.03. The average Bonchev–Trinajstić information content (AvgIpc) is 2.17. The van der Waals surface area contributed by atoms with Crippen LogP contribution in [0, 0.1) is 0 Å². The van der Waals surface area contributed by atoms with Gasteiger partial charge in [-0.3, -0.25) is 9.78 Å². The first-order valence-electron chi connectivity index (χ1n) is 3.58. The number of carbonyl (C=O) groups excluding carboxylic acids is 1. The Bertz CT molecular complexity index is 357. The summed E-state index contributed by atoms with van der Waals surface area (Å²) in [6.45, 7) is 0. The fourth-order valence-electron chi connectivity index (χ4n) is 1.03. The van der Waals surface area contributed by atoms with E-state index in [-0.39, 0.29) is 16.6 Å². The van der Waals surface area contributed by atoms with Gasteiger partial charge in [-0.05, 0) is 21.5 Å². The predicted molar refractivity (Wildman–Crippen MR) is 54.9 cm³/mol. The second-order valence-electron chi connectivity index (χ2n) is 2.44. The Kier molecular flexibility index (Phi) is 4.12. The third-order valence-corrected chi connectivity index (χ3v) is 2.91. The molecule has 76 valence electrons. The van der Waals surface area contributed by atoms with Crippen LogP contribution in [0.15, 0.2) is 10.7 Å². The number of hydrogen-bond donors (Lipinski definition) is 0. The molecule has 0 aliphatic carbocycles. The van der Waals surface area contributed by atoms with Crippen LogP contribution in [0.1, 0.15) is 28.0 Å². The molecule has 1 heterocycles. The highest BCUT2D eigenvalue weighted by Gasteiger charge is 2.20. The van der Waals surface area contributed by atoms with E-state index in [4.69, 9.17) is 0 Å². The largest absolute Gasteiger partial charge is 0.296 e. The van der Waals surface area contributed by atoms with Crippen molar-refractivity contribution in [2.75, 3.05) is 0 Å². The average molecular weight is 329 g/mol. The number of alkyl halides is 3. The Morgan fingerprint density at radius 1 is 1.57 bits per heavy atom. The lowest BCUT2D eigenvalue weighted by atomic mass is 10.1. The molecule has 1 aromatic rings. The van der Waals surface area contributed by atoms with Crippen LogP contribution >= 0.6 is 31.9 Å². The molecule has 0 saturated heterocycles. The molecule has 0 fully saturated rings. The van der Waals surface area contributed by atoms with Crippen LogP contribution in [0.4, 0.5) is 8.78 Å². The van der Waals surface area contributed by atoms with E-state index in [1.165, 1.54) is 6.20 Å². The van der Waals surface area contributed by atoms with Gasteiger partial charge in [0.25, 0.3) is 6.43 Å². The molecule has 0 unspecified atom stereocenters. The zero-order valence-electron chi connectivity index (χ0n) is 6.81. The van der Waals surface area contributed by atoms with Crippen molar-refractivity contribution >= 4 is 38.1 Å². The minimum atomic E-state index is -2.70. The number of pyridine rings is 1. The lowest BCUT2D eigenvalue weighted by Crippen LogP contribution is -2.02. The molecule has 14 heavy (non-hydrogen) atoms. The summed E-state index contributed by atoms with van der Waals surface area (Å²) in [5.74, 6) is 0. The Morgan fingerprint density at radius 3 is 2.64 bits per heavy atom. The lowest BCUT2D eigenvalue weighted by molar-refractivity contribution is 0.110. The topological polar surface area (TPSA) is 30.0 Å². The molecule has 0 aliphatic heterocycles. The first-order chi connectivity index (χ1) is 6.61. The van der Waals surface area contributed by atoms with Gasteiger partial charge in [0.15, 0.2) is 6.29 Å². The molecule has 0 N–H and O–H groups in total. The SMILES string of the molecule is O=Cc1ncc(Br)c(CBr)c1C(F)F. The van der Waals surface area contributed by atoms with E-state index >= 15 is 0 Å². The number of halogens is 4. The van der Waals surface area contributed by atoms with Crippen LogP contribution in [0.3, 0.4) is 0 Å². The van der Waals surface area contributed by atoms with Gasteiger partial charge >= 0.3 is 0 Å².